The van der Waals surface area contributed by atoms with Gasteiger partial charge in [0, 0.05) is 5.92 Å². The number of carbonyl (C=O) groups is 1. The lowest BCUT2D eigenvalue weighted by Gasteiger charge is -2.10. The number of hydrogen-bond donors (Lipinski definition) is 0. The van der Waals surface area contributed by atoms with E-state index in [4.69, 9.17) is 0 Å². The predicted octanol–water partition coefficient (Wildman–Crippen LogP) is 2.01. The Labute approximate surface area is 61.8 Å². The van der Waals surface area contributed by atoms with E-state index in [0.717, 1.165) is 11.8 Å². The third-order valence-electron chi connectivity index (χ3n) is 3.31. The van der Waals surface area contributed by atoms with Gasteiger partial charge in [-0.05, 0) is 31.1 Å². The Hall–Kier alpha value is -0.330. The maximum Gasteiger partial charge on any atom is 0.123 e. The van der Waals surface area contributed by atoms with Crippen LogP contribution in [0.15, 0.2) is 0 Å². The second-order valence-electron chi connectivity index (χ2n) is 3.73. The summed E-state index contributed by atoms with van der Waals surface area (Å²) in [5, 5.41) is 0. The molecule has 2 saturated carbocycles. The molecular formula is C9H14O. The molecule has 0 heterocycles. The Balaban J connectivity index is 2.07. The quantitative estimate of drug-likeness (QED) is 0.506. The molecule has 0 aromatic rings. The normalized spacial score (nSPS) is 45.4. The molecule has 0 spiro atoms. The van der Waals surface area contributed by atoms with Gasteiger partial charge in [0.15, 0.2) is 0 Å². The van der Waals surface area contributed by atoms with Gasteiger partial charge >= 0.3 is 0 Å². The summed E-state index contributed by atoms with van der Waals surface area (Å²) in [5.41, 5.74) is 0. The third kappa shape index (κ3) is 0.799. The fourth-order valence-electron chi connectivity index (χ4n) is 2.78. The topological polar surface area (TPSA) is 17.1 Å². The van der Waals surface area contributed by atoms with Gasteiger partial charge in [-0.15, -0.1) is 0 Å². The van der Waals surface area contributed by atoms with Crippen LogP contribution in [0, 0.1) is 17.8 Å². The van der Waals surface area contributed by atoms with Gasteiger partial charge in [0.05, 0.1) is 0 Å². The van der Waals surface area contributed by atoms with Crippen molar-refractivity contribution in [3.63, 3.8) is 0 Å². The number of hydrogen-bond acceptors (Lipinski definition) is 1. The van der Waals surface area contributed by atoms with Crippen LogP contribution in [0.25, 0.3) is 0 Å². The van der Waals surface area contributed by atoms with Crippen LogP contribution in [0.1, 0.15) is 32.1 Å². The van der Waals surface area contributed by atoms with Crippen LogP contribution in [0.5, 0.6) is 0 Å². The molecular weight excluding hydrogens is 124 g/mol. The Bertz CT molecular complexity index is 142. The zero-order chi connectivity index (χ0) is 6.97. The molecule has 10 heavy (non-hydrogen) atoms. The first kappa shape index (κ1) is 6.38. The van der Waals surface area contributed by atoms with Crippen LogP contribution < -0.4 is 0 Å². The molecule has 2 aliphatic rings. The molecule has 1 nitrogen and oxygen atoms in total. The van der Waals surface area contributed by atoms with Gasteiger partial charge in [0.2, 0.25) is 0 Å². The van der Waals surface area contributed by atoms with Crippen molar-refractivity contribution >= 4 is 6.29 Å². The minimum atomic E-state index is 0.438. The molecule has 2 aliphatic carbocycles. The van der Waals surface area contributed by atoms with Crippen molar-refractivity contribution in [2.24, 2.45) is 17.8 Å². The SMILES string of the molecule is O=C[C@H]1CC[C@H]2CCC[C@H]21. The summed E-state index contributed by atoms with van der Waals surface area (Å²) in [6.45, 7) is 0. The van der Waals surface area contributed by atoms with E-state index in [1.54, 1.807) is 0 Å². The smallest absolute Gasteiger partial charge is 0.123 e. The largest absolute Gasteiger partial charge is 0.303 e. The molecule has 0 bridgehead atoms. The summed E-state index contributed by atoms with van der Waals surface area (Å²) >= 11 is 0. The average Bonchev–Trinajstić information content (AvgIpc) is 2.44. The standard InChI is InChI=1S/C9H14O/c10-6-8-5-4-7-2-1-3-9(7)8/h6-9H,1-5H2/t7-,8-,9-/m1/s1. The van der Waals surface area contributed by atoms with E-state index in [2.05, 4.69) is 0 Å². The molecule has 56 valence electrons. The lowest BCUT2D eigenvalue weighted by molar-refractivity contribution is -0.112. The summed E-state index contributed by atoms with van der Waals surface area (Å²) in [4.78, 5) is 10.5. The number of fused-ring (bicyclic) bond motifs is 1. The predicted molar refractivity (Wildman–Crippen MR) is 39.6 cm³/mol. The van der Waals surface area contributed by atoms with Gasteiger partial charge in [-0.2, -0.15) is 0 Å². The fourth-order valence-corrected chi connectivity index (χ4v) is 2.78. The first-order chi connectivity index (χ1) is 4.92. The third-order valence-corrected chi connectivity index (χ3v) is 3.31. The summed E-state index contributed by atoms with van der Waals surface area (Å²) in [6.07, 6.45) is 7.80. The molecule has 0 aliphatic heterocycles. The number of carbonyl (C=O) groups excluding carboxylic acids is 1. The van der Waals surface area contributed by atoms with Crippen molar-refractivity contribution in [3.8, 4) is 0 Å². The highest BCUT2D eigenvalue weighted by molar-refractivity contribution is 5.54. The summed E-state index contributed by atoms with van der Waals surface area (Å²) in [6, 6.07) is 0. The van der Waals surface area contributed by atoms with E-state index in [1.807, 2.05) is 0 Å². The molecule has 0 aromatic heterocycles. The maximum absolute atomic E-state index is 10.5. The van der Waals surface area contributed by atoms with Crippen molar-refractivity contribution in [3.05, 3.63) is 0 Å². The zero-order valence-electron chi connectivity index (χ0n) is 6.25. The molecule has 0 unspecified atom stereocenters. The van der Waals surface area contributed by atoms with Crippen LogP contribution >= 0.6 is 0 Å². The molecule has 0 amide bonds. The van der Waals surface area contributed by atoms with Gasteiger partial charge < -0.3 is 4.79 Å². The molecule has 2 rings (SSSR count). The van der Waals surface area contributed by atoms with Crippen LogP contribution in [-0.4, -0.2) is 6.29 Å². The van der Waals surface area contributed by atoms with Crippen molar-refractivity contribution in [2.75, 3.05) is 0 Å². The lowest BCUT2D eigenvalue weighted by atomic mass is 9.93. The minimum Gasteiger partial charge on any atom is -0.303 e. The Kier molecular flexibility index (Phi) is 1.51. The Morgan fingerprint density at radius 3 is 2.80 bits per heavy atom. The van der Waals surface area contributed by atoms with E-state index < -0.39 is 0 Å². The lowest BCUT2D eigenvalue weighted by Crippen LogP contribution is -2.09. The van der Waals surface area contributed by atoms with Gasteiger partial charge in [-0.25, -0.2) is 0 Å². The number of rotatable bonds is 1. The van der Waals surface area contributed by atoms with Crippen molar-refractivity contribution in [1.29, 1.82) is 0 Å². The van der Waals surface area contributed by atoms with Crippen LogP contribution in [-0.2, 0) is 4.79 Å². The average molecular weight is 138 g/mol. The second-order valence-corrected chi connectivity index (χ2v) is 3.73. The Morgan fingerprint density at radius 2 is 2.00 bits per heavy atom. The maximum atomic E-state index is 10.5. The Morgan fingerprint density at radius 1 is 1.10 bits per heavy atom. The molecule has 2 fully saturated rings. The minimum absolute atomic E-state index is 0.438. The zero-order valence-corrected chi connectivity index (χ0v) is 6.25. The van der Waals surface area contributed by atoms with Crippen LogP contribution in [0.2, 0.25) is 0 Å². The molecule has 1 heteroatoms. The van der Waals surface area contributed by atoms with E-state index >= 15 is 0 Å². The van der Waals surface area contributed by atoms with Gasteiger partial charge in [-0.3, -0.25) is 0 Å². The highest BCUT2D eigenvalue weighted by Gasteiger charge is 2.38. The van der Waals surface area contributed by atoms with E-state index in [9.17, 15) is 4.79 Å². The molecule has 0 N–H and O–H groups in total. The summed E-state index contributed by atoms with van der Waals surface area (Å²) < 4.78 is 0. The van der Waals surface area contributed by atoms with Crippen LogP contribution in [0.4, 0.5) is 0 Å². The summed E-state index contributed by atoms with van der Waals surface area (Å²) in [5.74, 6) is 2.15. The first-order valence-electron chi connectivity index (χ1n) is 4.37. The van der Waals surface area contributed by atoms with E-state index in [0.29, 0.717) is 5.92 Å². The van der Waals surface area contributed by atoms with Gasteiger partial charge in [0.25, 0.3) is 0 Å². The molecule has 0 saturated heterocycles. The second kappa shape index (κ2) is 2.37. The molecule has 0 aromatic carbocycles. The summed E-state index contributed by atoms with van der Waals surface area (Å²) in [7, 11) is 0. The molecule has 0 radical (unpaired) electrons. The van der Waals surface area contributed by atoms with Crippen molar-refractivity contribution < 1.29 is 4.79 Å². The van der Waals surface area contributed by atoms with Crippen molar-refractivity contribution in [1.82, 2.24) is 0 Å². The van der Waals surface area contributed by atoms with Gasteiger partial charge in [0.1, 0.15) is 6.29 Å². The highest BCUT2D eigenvalue weighted by Crippen LogP contribution is 2.46. The van der Waals surface area contributed by atoms with E-state index in [-0.39, 0.29) is 0 Å². The fraction of sp³-hybridized carbons (Fsp3) is 0.889. The van der Waals surface area contributed by atoms with E-state index in [1.165, 1.54) is 38.4 Å². The van der Waals surface area contributed by atoms with Crippen molar-refractivity contribution in [2.45, 2.75) is 32.1 Å². The first-order valence-corrected chi connectivity index (χ1v) is 4.37. The highest BCUT2D eigenvalue weighted by atomic mass is 16.1. The molecule has 3 atom stereocenters. The number of aldehydes is 1. The van der Waals surface area contributed by atoms with Gasteiger partial charge in [-0.1, -0.05) is 12.8 Å². The monoisotopic (exact) mass is 138 g/mol. The van der Waals surface area contributed by atoms with Crippen LogP contribution in [0.3, 0.4) is 0 Å².